The third-order valence-electron chi connectivity index (χ3n) is 3.85. The standard InChI is InChI=1S/C15H19ClO2/c1-3-10(11-4-6-13(16)7-5-11)8-12-9-14(12)15(17)18-2/h4-7,10,12,14H,3,8-9H2,1-2H3. The van der Waals surface area contributed by atoms with Crippen LogP contribution in [0.4, 0.5) is 0 Å². The lowest BCUT2D eigenvalue weighted by atomic mass is 9.91. The molecule has 0 spiro atoms. The molecule has 1 saturated carbocycles. The monoisotopic (exact) mass is 266 g/mol. The molecular weight excluding hydrogens is 248 g/mol. The van der Waals surface area contributed by atoms with Crippen LogP contribution in [0.1, 0.15) is 37.7 Å². The van der Waals surface area contributed by atoms with Crippen LogP contribution in [0, 0.1) is 11.8 Å². The molecule has 1 aromatic rings. The first-order valence-corrected chi connectivity index (χ1v) is 6.86. The van der Waals surface area contributed by atoms with Gasteiger partial charge in [0.05, 0.1) is 13.0 Å². The maximum atomic E-state index is 11.4. The Hall–Kier alpha value is -1.02. The average Bonchev–Trinajstić information content (AvgIpc) is 3.15. The molecule has 98 valence electrons. The van der Waals surface area contributed by atoms with Crippen molar-refractivity contribution in [3.63, 3.8) is 0 Å². The van der Waals surface area contributed by atoms with Crippen molar-refractivity contribution >= 4 is 17.6 Å². The number of esters is 1. The number of methoxy groups -OCH3 is 1. The Morgan fingerprint density at radius 1 is 1.44 bits per heavy atom. The SMILES string of the molecule is CCC(CC1CC1C(=O)OC)c1ccc(Cl)cc1. The fourth-order valence-corrected chi connectivity index (χ4v) is 2.71. The van der Waals surface area contributed by atoms with E-state index in [1.807, 2.05) is 12.1 Å². The fraction of sp³-hybridized carbons (Fsp3) is 0.533. The fourth-order valence-electron chi connectivity index (χ4n) is 2.59. The van der Waals surface area contributed by atoms with Crippen molar-refractivity contribution < 1.29 is 9.53 Å². The number of carbonyl (C=O) groups is 1. The van der Waals surface area contributed by atoms with Crippen molar-refractivity contribution in [3.8, 4) is 0 Å². The molecule has 0 bridgehead atoms. The molecule has 0 radical (unpaired) electrons. The molecule has 3 atom stereocenters. The molecule has 1 aromatic carbocycles. The van der Waals surface area contributed by atoms with E-state index < -0.39 is 0 Å². The maximum Gasteiger partial charge on any atom is 0.308 e. The number of benzene rings is 1. The van der Waals surface area contributed by atoms with E-state index in [2.05, 4.69) is 19.1 Å². The normalized spacial score (nSPS) is 23.5. The highest BCUT2D eigenvalue weighted by Crippen LogP contribution is 2.46. The summed E-state index contributed by atoms with van der Waals surface area (Å²) in [5.41, 5.74) is 1.32. The van der Waals surface area contributed by atoms with Crippen LogP contribution in [0.25, 0.3) is 0 Å². The van der Waals surface area contributed by atoms with Crippen molar-refractivity contribution in [1.82, 2.24) is 0 Å². The van der Waals surface area contributed by atoms with Crippen molar-refractivity contribution in [2.45, 2.75) is 32.1 Å². The van der Waals surface area contributed by atoms with Crippen LogP contribution in [0.2, 0.25) is 5.02 Å². The Balaban J connectivity index is 1.95. The molecule has 1 aliphatic carbocycles. The van der Waals surface area contributed by atoms with E-state index in [1.165, 1.54) is 12.7 Å². The Bertz CT molecular complexity index is 413. The number of halogens is 1. The number of carbonyl (C=O) groups excluding carboxylic acids is 1. The van der Waals surface area contributed by atoms with Crippen LogP contribution in [-0.4, -0.2) is 13.1 Å². The predicted molar refractivity (Wildman–Crippen MR) is 72.7 cm³/mol. The first-order valence-electron chi connectivity index (χ1n) is 6.49. The molecule has 2 nitrogen and oxygen atoms in total. The largest absolute Gasteiger partial charge is 0.469 e. The van der Waals surface area contributed by atoms with Crippen molar-refractivity contribution in [3.05, 3.63) is 34.9 Å². The van der Waals surface area contributed by atoms with E-state index in [1.54, 1.807) is 0 Å². The van der Waals surface area contributed by atoms with E-state index in [-0.39, 0.29) is 11.9 Å². The number of hydrogen-bond acceptors (Lipinski definition) is 2. The van der Waals surface area contributed by atoms with Crippen LogP contribution >= 0.6 is 11.6 Å². The Kier molecular flexibility index (Phi) is 4.28. The first kappa shape index (κ1) is 13.4. The third kappa shape index (κ3) is 3.05. The third-order valence-corrected chi connectivity index (χ3v) is 4.10. The molecule has 0 saturated heterocycles. The van der Waals surface area contributed by atoms with Gasteiger partial charge in [-0.1, -0.05) is 30.7 Å². The van der Waals surface area contributed by atoms with Gasteiger partial charge in [-0.05, 0) is 48.8 Å². The molecule has 0 N–H and O–H groups in total. The zero-order chi connectivity index (χ0) is 13.1. The molecule has 0 heterocycles. The lowest BCUT2D eigenvalue weighted by molar-refractivity contribution is -0.142. The second-order valence-corrected chi connectivity index (χ2v) is 5.45. The van der Waals surface area contributed by atoms with Crippen molar-refractivity contribution in [2.75, 3.05) is 7.11 Å². The van der Waals surface area contributed by atoms with Crippen LogP contribution in [0.5, 0.6) is 0 Å². The summed E-state index contributed by atoms with van der Waals surface area (Å²) in [5.74, 6) is 1.10. The highest BCUT2D eigenvalue weighted by Gasteiger charge is 2.44. The summed E-state index contributed by atoms with van der Waals surface area (Å²) in [7, 11) is 1.47. The van der Waals surface area contributed by atoms with Gasteiger partial charge >= 0.3 is 5.97 Å². The minimum Gasteiger partial charge on any atom is -0.469 e. The summed E-state index contributed by atoms with van der Waals surface area (Å²) >= 11 is 5.90. The van der Waals surface area contributed by atoms with Gasteiger partial charge < -0.3 is 4.74 Å². The molecule has 3 unspecified atom stereocenters. The smallest absolute Gasteiger partial charge is 0.308 e. The van der Waals surface area contributed by atoms with Gasteiger partial charge in [0, 0.05) is 5.02 Å². The molecule has 3 heteroatoms. The average molecular weight is 267 g/mol. The van der Waals surface area contributed by atoms with E-state index in [0.29, 0.717) is 11.8 Å². The van der Waals surface area contributed by atoms with Gasteiger partial charge in [-0.15, -0.1) is 0 Å². The number of ether oxygens (including phenoxy) is 1. The molecule has 0 aromatic heterocycles. The van der Waals surface area contributed by atoms with E-state index >= 15 is 0 Å². The van der Waals surface area contributed by atoms with Crippen LogP contribution in [0.3, 0.4) is 0 Å². The van der Waals surface area contributed by atoms with Gasteiger partial charge in [-0.2, -0.15) is 0 Å². The van der Waals surface area contributed by atoms with Crippen LogP contribution < -0.4 is 0 Å². The lowest BCUT2D eigenvalue weighted by Crippen LogP contribution is -2.06. The highest BCUT2D eigenvalue weighted by atomic mass is 35.5. The minimum atomic E-state index is -0.0500. The summed E-state index contributed by atoms with van der Waals surface area (Å²) in [4.78, 5) is 11.4. The highest BCUT2D eigenvalue weighted by molar-refractivity contribution is 6.30. The topological polar surface area (TPSA) is 26.3 Å². The van der Waals surface area contributed by atoms with Gasteiger partial charge in [0.15, 0.2) is 0 Å². The Labute approximate surface area is 113 Å². The van der Waals surface area contributed by atoms with Crippen LogP contribution in [-0.2, 0) is 9.53 Å². The van der Waals surface area contributed by atoms with Gasteiger partial charge in [-0.25, -0.2) is 0 Å². The zero-order valence-corrected chi connectivity index (χ0v) is 11.6. The van der Waals surface area contributed by atoms with E-state index in [9.17, 15) is 4.79 Å². The van der Waals surface area contributed by atoms with E-state index in [0.717, 1.165) is 24.3 Å². The zero-order valence-electron chi connectivity index (χ0n) is 10.9. The van der Waals surface area contributed by atoms with Crippen molar-refractivity contribution in [1.29, 1.82) is 0 Å². The van der Waals surface area contributed by atoms with Gasteiger partial charge in [0.2, 0.25) is 0 Å². The Morgan fingerprint density at radius 2 is 2.11 bits per heavy atom. The predicted octanol–water partition coefficient (Wildman–Crippen LogP) is 4.03. The quantitative estimate of drug-likeness (QED) is 0.752. The maximum absolute atomic E-state index is 11.4. The molecule has 0 amide bonds. The second kappa shape index (κ2) is 5.75. The number of rotatable bonds is 5. The molecule has 18 heavy (non-hydrogen) atoms. The molecular formula is C15H19ClO2. The van der Waals surface area contributed by atoms with Gasteiger partial charge in [-0.3, -0.25) is 4.79 Å². The van der Waals surface area contributed by atoms with Crippen LogP contribution in [0.15, 0.2) is 24.3 Å². The molecule has 1 aliphatic rings. The number of hydrogen-bond donors (Lipinski definition) is 0. The first-order chi connectivity index (χ1) is 8.65. The van der Waals surface area contributed by atoms with Gasteiger partial charge in [0.25, 0.3) is 0 Å². The summed E-state index contributed by atoms with van der Waals surface area (Å²) in [6.45, 7) is 2.19. The second-order valence-electron chi connectivity index (χ2n) is 5.02. The summed E-state index contributed by atoms with van der Waals surface area (Å²) in [5, 5.41) is 0.771. The molecule has 2 rings (SSSR count). The minimum absolute atomic E-state index is 0.0500. The van der Waals surface area contributed by atoms with Gasteiger partial charge in [0.1, 0.15) is 0 Å². The van der Waals surface area contributed by atoms with Crippen molar-refractivity contribution in [2.24, 2.45) is 11.8 Å². The summed E-state index contributed by atoms with van der Waals surface area (Å²) in [6, 6.07) is 8.05. The molecule has 0 aliphatic heterocycles. The summed E-state index contributed by atoms with van der Waals surface area (Å²) < 4.78 is 4.78. The molecule has 1 fully saturated rings. The summed E-state index contributed by atoms with van der Waals surface area (Å²) in [6.07, 6.45) is 3.14. The lowest BCUT2D eigenvalue weighted by Gasteiger charge is -2.15. The van der Waals surface area contributed by atoms with E-state index in [4.69, 9.17) is 16.3 Å². The Morgan fingerprint density at radius 3 is 2.67 bits per heavy atom.